The van der Waals surface area contributed by atoms with Gasteiger partial charge < -0.3 is 23.4 Å². The Morgan fingerprint density at radius 3 is 2.33 bits per heavy atom. The average molecular weight is 556 g/mol. The third-order valence-corrected chi connectivity index (χ3v) is 6.49. The van der Waals surface area contributed by atoms with E-state index in [2.05, 4.69) is 4.74 Å². The summed E-state index contributed by atoms with van der Waals surface area (Å²) in [6.45, 7) is 1.01. The molecule has 8 nitrogen and oxygen atoms in total. The van der Waals surface area contributed by atoms with Gasteiger partial charge in [0.05, 0.1) is 30.7 Å². The Bertz CT molecular complexity index is 1600. The lowest BCUT2D eigenvalue weighted by molar-refractivity contribution is -0.154. The molecule has 0 unspecified atom stereocenters. The largest absolute Gasteiger partial charge is 0.497 e. The minimum absolute atomic E-state index is 0.0754. The fourth-order valence-electron chi connectivity index (χ4n) is 4.39. The number of ether oxygens (including phenoxy) is 4. The molecule has 11 heteroatoms. The number of esters is 1. The summed E-state index contributed by atoms with van der Waals surface area (Å²) >= 11 is 0. The number of nitrogens with zero attached hydrogens (tertiary/aromatic N) is 1. The van der Waals surface area contributed by atoms with Crippen LogP contribution in [0.2, 0.25) is 0 Å². The molecule has 1 aliphatic heterocycles. The van der Waals surface area contributed by atoms with Crippen LogP contribution >= 0.6 is 0 Å². The van der Waals surface area contributed by atoms with Crippen molar-refractivity contribution in [2.45, 2.75) is 19.1 Å². The summed E-state index contributed by atoms with van der Waals surface area (Å²) in [5.41, 5.74) is 0.368. The molecule has 0 amide bonds. The molecule has 208 valence electrons. The van der Waals surface area contributed by atoms with E-state index < -0.39 is 29.1 Å². The molecule has 40 heavy (non-hydrogen) atoms. The number of hydrogen-bond acceptors (Lipinski definition) is 8. The first-order chi connectivity index (χ1) is 19.2. The number of rotatable bonds is 7. The molecule has 0 aliphatic carbocycles. The first kappa shape index (κ1) is 27.1. The number of carbonyl (C=O) groups excluding carboxylic acids is 1. The van der Waals surface area contributed by atoms with Gasteiger partial charge in [0.25, 0.3) is 5.76 Å². The maximum atomic E-state index is 14.1. The van der Waals surface area contributed by atoms with Crippen LogP contribution in [0.5, 0.6) is 23.0 Å². The molecule has 0 radical (unpaired) electrons. The summed E-state index contributed by atoms with van der Waals surface area (Å²) in [6, 6.07) is 15.6. The molecule has 2 heterocycles. The van der Waals surface area contributed by atoms with Crippen molar-refractivity contribution in [1.29, 1.82) is 0 Å². The molecular formula is C29H24F3NO7. The van der Waals surface area contributed by atoms with Gasteiger partial charge in [-0.3, -0.25) is 9.69 Å². The van der Waals surface area contributed by atoms with E-state index in [9.17, 15) is 22.8 Å². The minimum Gasteiger partial charge on any atom is -0.497 e. The van der Waals surface area contributed by atoms with Gasteiger partial charge in [-0.1, -0.05) is 12.1 Å². The van der Waals surface area contributed by atoms with E-state index in [1.165, 1.54) is 43.5 Å². The summed E-state index contributed by atoms with van der Waals surface area (Å²) in [4.78, 5) is 26.9. The van der Waals surface area contributed by atoms with Gasteiger partial charge in [0, 0.05) is 13.1 Å². The summed E-state index contributed by atoms with van der Waals surface area (Å²) in [5, 5.41) is -0.0754. The van der Waals surface area contributed by atoms with Crippen LogP contribution in [0.25, 0.3) is 11.0 Å². The fourth-order valence-corrected chi connectivity index (χ4v) is 4.39. The molecule has 0 N–H and O–H groups in total. The summed E-state index contributed by atoms with van der Waals surface area (Å²) < 4.78 is 68.7. The number of fused-ring (bicyclic) bond motifs is 3. The van der Waals surface area contributed by atoms with Crippen molar-refractivity contribution in [3.8, 4) is 23.0 Å². The maximum absolute atomic E-state index is 14.1. The molecule has 0 bridgehead atoms. The molecule has 0 fully saturated rings. The number of methoxy groups -OCH3 is 2. The number of benzene rings is 3. The van der Waals surface area contributed by atoms with Crippen LogP contribution in [0.3, 0.4) is 0 Å². The molecule has 0 saturated heterocycles. The van der Waals surface area contributed by atoms with Crippen molar-refractivity contribution in [3.63, 3.8) is 0 Å². The monoisotopic (exact) mass is 555 g/mol. The Hall–Kier alpha value is -4.51. The van der Waals surface area contributed by atoms with Crippen LogP contribution in [0.4, 0.5) is 13.2 Å². The van der Waals surface area contributed by atoms with Crippen molar-refractivity contribution < 1.29 is 41.3 Å². The first-order valence-corrected chi connectivity index (χ1v) is 12.2. The molecule has 1 aliphatic rings. The first-order valence-electron chi connectivity index (χ1n) is 12.2. The second kappa shape index (κ2) is 10.9. The summed E-state index contributed by atoms with van der Waals surface area (Å²) in [7, 11) is 2.79. The normalized spacial score (nSPS) is 13.4. The second-order valence-electron chi connectivity index (χ2n) is 9.05. The zero-order valence-corrected chi connectivity index (χ0v) is 21.5. The van der Waals surface area contributed by atoms with Gasteiger partial charge in [-0.05, 0) is 60.5 Å². The molecule has 0 spiro atoms. The van der Waals surface area contributed by atoms with Crippen molar-refractivity contribution in [2.75, 3.05) is 27.5 Å². The van der Waals surface area contributed by atoms with Crippen molar-refractivity contribution in [2.24, 2.45) is 0 Å². The van der Waals surface area contributed by atoms with E-state index in [4.69, 9.17) is 18.6 Å². The van der Waals surface area contributed by atoms with Crippen LogP contribution in [-0.4, -0.2) is 38.4 Å². The molecule has 5 rings (SSSR count). The van der Waals surface area contributed by atoms with E-state index in [1.807, 2.05) is 29.2 Å². The number of hydrogen-bond donors (Lipinski definition) is 0. The second-order valence-corrected chi connectivity index (χ2v) is 9.05. The highest BCUT2D eigenvalue weighted by Crippen LogP contribution is 2.41. The minimum atomic E-state index is -5.03. The third-order valence-electron chi connectivity index (χ3n) is 6.49. The molecule has 3 aromatic carbocycles. The van der Waals surface area contributed by atoms with Crippen LogP contribution < -0.4 is 19.6 Å². The number of carbonyl (C=O) groups is 1. The van der Waals surface area contributed by atoms with Gasteiger partial charge in [0.2, 0.25) is 11.2 Å². The van der Waals surface area contributed by atoms with Gasteiger partial charge in [0.15, 0.2) is 0 Å². The van der Waals surface area contributed by atoms with E-state index in [0.29, 0.717) is 24.3 Å². The zero-order valence-electron chi connectivity index (χ0n) is 21.5. The quantitative estimate of drug-likeness (QED) is 0.265. The van der Waals surface area contributed by atoms with Gasteiger partial charge in [0.1, 0.15) is 29.6 Å². The van der Waals surface area contributed by atoms with Crippen molar-refractivity contribution in [1.82, 2.24) is 4.90 Å². The Labute approximate surface area is 226 Å². The highest BCUT2D eigenvalue weighted by molar-refractivity contribution is 5.89. The standard InChI is InChI=1S/C29H24F3NO7/c1-36-19-7-3-17(4-8-19)13-14-33-15-22-23(38-16-33)12-11-21-24(34)26(27(29(30,31)32)40-25(21)22)39-20-9-5-18(6-10-20)28(35)37-2/h3-12H,13-16H2,1-2H3. The Balaban J connectivity index is 1.47. The predicted octanol–water partition coefficient (Wildman–Crippen LogP) is 5.79. The highest BCUT2D eigenvalue weighted by Gasteiger charge is 2.41. The van der Waals surface area contributed by atoms with Crippen LogP contribution in [-0.2, 0) is 23.9 Å². The molecule has 4 aromatic rings. The van der Waals surface area contributed by atoms with E-state index in [1.54, 1.807) is 7.11 Å². The van der Waals surface area contributed by atoms with Crippen LogP contribution in [0.1, 0.15) is 27.2 Å². The molecule has 0 atom stereocenters. The van der Waals surface area contributed by atoms with Gasteiger partial charge in [-0.25, -0.2) is 4.79 Å². The van der Waals surface area contributed by atoms with Gasteiger partial charge in [-0.2, -0.15) is 13.2 Å². The lowest BCUT2D eigenvalue weighted by Crippen LogP contribution is -2.34. The van der Waals surface area contributed by atoms with E-state index in [-0.39, 0.29) is 35.6 Å². The maximum Gasteiger partial charge on any atom is 0.453 e. The molecular weight excluding hydrogens is 531 g/mol. The zero-order chi connectivity index (χ0) is 28.4. The van der Waals surface area contributed by atoms with Crippen LogP contribution in [0, 0.1) is 0 Å². The highest BCUT2D eigenvalue weighted by atomic mass is 19.4. The molecule has 0 saturated carbocycles. The fraction of sp³-hybridized carbons (Fsp3) is 0.241. The Kier molecular flexibility index (Phi) is 7.40. The number of halogens is 3. The van der Waals surface area contributed by atoms with E-state index in [0.717, 1.165) is 11.3 Å². The predicted molar refractivity (Wildman–Crippen MR) is 138 cm³/mol. The van der Waals surface area contributed by atoms with E-state index >= 15 is 0 Å². The van der Waals surface area contributed by atoms with Crippen LogP contribution in [0.15, 0.2) is 69.9 Å². The molecule has 1 aromatic heterocycles. The average Bonchev–Trinajstić information content (AvgIpc) is 2.96. The van der Waals surface area contributed by atoms with Gasteiger partial charge >= 0.3 is 12.1 Å². The smallest absolute Gasteiger partial charge is 0.453 e. The number of alkyl halides is 3. The Morgan fingerprint density at radius 1 is 0.975 bits per heavy atom. The lowest BCUT2D eigenvalue weighted by atomic mass is 10.1. The van der Waals surface area contributed by atoms with Crippen molar-refractivity contribution >= 4 is 16.9 Å². The summed E-state index contributed by atoms with van der Waals surface area (Å²) in [6.07, 6.45) is -4.36. The Morgan fingerprint density at radius 2 is 1.68 bits per heavy atom. The lowest BCUT2D eigenvalue weighted by Gasteiger charge is -2.29. The van der Waals surface area contributed by atoms with Gasteiger partial charge in [-0.15, -0.1) is 0 Å². The summed E-state index contributed by atoms with van der Waals surface area (Å²) in [5.74, 6) is -2.20. The third kappa shape index (κ3) is 5.46. The SMILES string of the molecule is COC(=O)c1ccc(Oc2c(C(F)(F)F)oc3c4c(ccc3c2=O)OCN(CCc2ccc(OC)cc2)C4)cc1. The topological polar surface area (TPSA) is 87.4 Å². The van der Waals surface area contributed by atoms with Crippen molar-refractivity contribution in [3.05, 3.63) is 93.3 Å².